The Labute approximate surface area is 149 Å². The number of halogens is 1. The summed E-state index contributed by atoms with van der Waals surface area (Å²) in [5, 5.41) is 5.60. The van der Waals surface area contributed by atoms with Crippen LogP contribution in [0.15, 0.2) is 22.5 Å². The Bertz CT molecular complexity index is 452. The molecule has 0 unspecified atom stereocenters. The highest BCUT2D eigenvalue weighted by molar-refractivity contribution is 14.0. The molecule has 2 fully saturated rings. The molecule has 1 spiro atoms. The normalized spacial score (nSPS) is 20.8. The van der Waals surface area contributed by atoms with Gasteiger partial charge in [0.2, 0.25) is 0 Å². The van der Waals surface area contributed by atoms with Gasteiger partial charge in [-0.1, -0.05) is 18.9 Å². The van der Waals surface area contributed by atoms with Crippen LogP contribution in [0.4, 0.5) is 0 Å². The van der Waals surface area contributed by atoms with Crippen LogP contribution in [0.25, 0.3) is 0 Å². The zero-order chi connectivity index (χ0) is 13.8. The van der Waals surface area contributed by atoms with E-state index in [1.165, 1.54) is 50.1 Å². The van der Waals surface area contributed by atoms with Gasteiger partial charge in [-0.15, -0.1) is 35.3 Å². The monoisotopic (exact) mass is 419 g/mol. The molecule has 0 radical (unpaired) electrons. The molecule has 3 rings (SSSR count). The van der Waals surface area contributed by atoms with Crippen molar-refractivity contribution in [2.75, 3.05) is 19.6 Å². The fourth-order valence-electron chi connectivity index (χ4n) is 3.63. The summed E-state index contributed by atoms with van der Waals surface area (Å²) in [5.41, 5.74) is 0.610. The third-order valence-corrected chi connectivity index (χ3v) is 5.56. The van der Waals surface area contributed by atoms with E-state index < -0.39 is 0 Å². The van der Waals surface area contributed by atoms with Crippen molar-refractivity contribution in [1.82, 2.24) is 10.2 Å². The topological polar surface area (TPSA) is 27.6 Å². The first kappa shape index (κ1) is 17.1. The van der Waals surface area contributed by atoms with E-state index in [1.54, 1.807) is 11.3 Å². The number of nitrogens with one attached hydrogen (secondary N) is 1. The zero-order valence-corrected chi connectivity index (χ0v) is 16.0. The number of guanidine groups is 1. The number of rotatable bonds is 3. The first-order chi connectivity index (χ1) is 9.81. The van der Waals surface area contributed by atoms with Crippen LogP contribution >= 0.6 is 35.3 Å². The summed E-state index contributed by atoms with van der Waals surface area (Å²) in [6.07, 6.45) is 7.06. The van der Waals surface area contributed by atoms with E-state index in [1.807, 2.05) is 0 Å². The highest BCUT2D eigenvalue weighted by atomic mass is 127. The number of nitrogens with zero attached hydrogens (tertiary/aromatic N) is 2. The van der Waals surface area contributed by atoms with Crippen LogP contribution in [-0.4, -0.2) is 30.5 Å². The van der Waals surface area contributed by atoms with Gasteiger partial charge in [-0.25, -0.2) is 4.99 Å². The molecule has 1 aliphatic carbocycles. The van der Waals surface area contributed by atoms with E-state index in [4.69, 9.17) is 4.99 Å². The van der Waals surface area contributed by atoms with Crippen LogP contribution in [0.3, 0.4) is 0 Å². The number of likely N-dealkylation sites (tertiary alicyclic amines) is 1. The van der Waals surface area contributed by atoms with Crippen LogP contribution in [0.2, 0.25) is 0 Å². The minimum Gasteiger partial charge on any atom is -0.357 e. The van der Waals surface area contributed by atoms with Crippen LogP contribution < -0.4 is 5.32 Å². The Kier molecular flexibility index (Phi) is 6.34. The molecule has 2 heterocycles. The molecule has 1 aromatic rings. The minimum atomic E-state index is 0. The van der Waals surface area contributed by atoms with E-state index in [2.05, 4.69) is 34.7 Å². The molecule has 0 bridgehead atoms. The molecule has 2 aliphatic rings. The van der Waals surface area contributed by atoms with Crippen molar-refractivity contribution < 1.29 is 0 Å². The lowest BCUT2D eigenvalue weighted by molar-refractivity contribution is 0.309. The maximum absolute atomic E-state index is 4.83. The van der Waals surface area contributed by atoms with Gasteiger partial charge in [0.25, 0.3) is 0 Å². The average Bonchev–Trinajstić information content (AvgIpc) is 3.18. The minimum absolute atomic E-state index is 0. The zero-order valence-electron chi connectivity index (χ0n) is 12.8. The van der Waals surface area contributed by atoms with Gasteiger partial charge in [0, 0.05) is 24.5 Å². The van der Waals surface area contributed by atoms with Gasteiger partial charge in [0.05, 0.1) is 6.54 Å². The van der Waals surface area contributed by atoms with Crippen molar-refractivity contribution in [3.05, 3.63) is 22.4 Å². The number of aliphatic imine (C=N–C) groups is 1. The lowest BCUT2D eigenvalue weighted by atomic mass is 9.86. The van der Waals surface area contributed by atoms with Crippen LogP contribution in [0.1, 0.15) is 43.9 Å². The molecular weight excluding hydrogens is 393 g/mol. The van der Waals surface area contributed by atoms with Gasteiger partial charge in [-0.2, -0.15) is 0 Å². The second-order valence-electron chi connectivity index (χ2n) is 6.13. The maximum Gasteiger partial charge on any atom is 0.194 e. The lowest BCUT2D eigenvalue weighted by Crippen LogP contribution is -2.41. The van der Waals surface area contributed by atoms with E-state index in [0.29, 0.717) is 5.41 Å². The van der Waals surface area contributed by atoms with Crippen molar-refractivity contribution in [1.29, 1.82) is 0 Å². The quantitative estimate of drug-likeness (QED) is 0.454. The summed E-state index contributed by atoms with van der Waals surface area (Å²) in [6.45, 7) is 6.30. The number of thiophene rings is 1. The summed E-state index contributed by atoms with van der Waals surface area (Å²) in [7, 11) is 0. The van der Waals surface area contributed by atoms with E-state index in [0.717, 1.165) is 19.0 Å². The molecule has 0 atom stereocenters. The van der Waals surface area contributed by atoms with Gasteiger partial charge >= 0.3 is 0 Å². The average molecular weight is 419 g/mol. The molecule has 1 saturated heterocycles. The molecule has 1 aromatic heterocycles. The first-order valence-electron chi connectivity index (χ1n) is 7.87. The largest absolute Gasteiger partial charge is 0.357 e. The van der Waals surface area contributed by atoms with Gasteiger partial charge < -0.3 is 10.2 Å². The number of hydrogen-bond donors (Lipinski definition) is 1. The van der Waals surface area contributed by atoms with Crippen molar-refractivity contribution in [3.8, 4) is 0 Å². The second-order valence-corrected chi connectivity index (χ2v) is 7.16. The van der Waals surface area contributed by atoms with Gasteiger partial charge in [0.15, 0.2) is 5.96 Å². The highest BCUT2D eigenvalue weighted by Gasteiger charge is 2.41. The van der Waals surface area contributed by atoms with E-state index >= 15 is 0 Å². The van der Waals surface area contributed by atoms with Gasteiger partial charge in [-0.3, -0.25) is 0 Å². The summed E-state index contributed by atoms with van der Waals surface area (Å²) in [4.78, 5) is 8.67. The molecule has 1 N–H and O–H groups in total. The van der Waals surface area contributed by atoms with Crippen LogP contribution in [-0.2, 0) is 6.54 Å². The fourth-order valence-corrected chi connectivity index (χ4v) is 4.26. The third-order valence-electron chi connectivity index (χ3n) is 4.70. The van der Waals surface area contributed by atoms with E-state index in [9.17, 15) is 0 Å². The van der Waals surface area contributed by atoms with Crippen LogP contribution in [0.5, 0.6) is 0 Å². The van der Waals surface area contributed by atoms with Crippen molar-refractivity contribution in [2.24, 2.45) is 10.4 Å². The number of hydrogen-bond acceptors (Lipinski definition) is 2. The fraction of sp³-hybridized carbons (Fsp3) is 0.688. The highest BCUT2D eigenvalue weighted by Crippen LogP contribution is 2.45. The Morgan fingerprint density at radius 1 is 1.38 bits per heavy atom. The lowest BCUT2D eigenvalue weighted by Gasteiger charge is -2.25. The standard InChI is InChI=1S/C16H25N3S.HI/c1-2-17-15(18-12-14-6-5-11-20-14)19-10-9-16(13-19)7-3-4-8-16;/h5-6,11H,2-4,7-10,12-13H2,1H3,(H,17,18);1H. The molecule has 3 nitrogen and oxygen atoms in total. The predicted molar refractivity (Wildman–Crippen MR) is 102 cm³/mol. The van der Waals surface area contributed by atoms with Gasteiger partial charge in [-0.05, 0) is 43.0 Å². The molecule has 21 heavy (non-hydrogen) atoms. The Morgan fingerprint density at radius 3 is 2.86 bits per heavy atom. The van der Waals surface area contributed by atoms with E-state index in [-0.39, 0.29) is 24.0 Å². The Hall–Kier alpha value is -0.300. The molecule has 5 heteroatoms. The van der Waals surface area contributed by atoms with Crippen molar-refractivity contribution in [2.45, 2.75) is 45.6 Å². The summed E-state index contributed by atoms with van der Waals surface area (Å²) >= 11 is 1.79. The van der Waals surface area contributed by atoms with Crippen LogP contribution in [0, 0.1) is 5.41 Å². The summed E-state index contributed by atoms with van der Waals surface area (Å²) in [5.74, 6) is 1.12. The SMILES string of the molecule is CCNC(=NCc1cccs1)N1CCC2(CCCC2)C1.I. The Morgan fingerprint density at radius 2 is 2.19 bits per heavy atom. The van der Waals surface area contributed by atoms with Crippen molar-refractivity contribution >= 4 is 41.3 Å². The summed E-state index contributed by atoms with van der Waals surface area (Å²) < 4.78 is 0. The van der Waals surface area contributed by atoms with Crippen molar-refractivity contribution in [3.63, 3.8) is 0 Å². The molecular formula is C16H26IN3S. The summed E-state index contributed by atoms with van der Waals surface area (Å²) in [6, 6.07) is 4.27. The molecule has 0 aromatic carbocycles. The molecule has 1 aliphatic heterocycles. The third kappa shape index (κ3) is 4.12. The maximum atomic E-state index is 4.83. The molecule has 1 saturated carbocycles. The first-order valence-corrected chi connectivity index (χ1v) is 8.75. The second kappa shape index (κ2) is 7.81. The van der Waals surface area contributed by atoms with Gasteiger partial charge in [0.1, 0.15) is 0 Å². The molecule has 0 amide bonds. The molecule has 118 valence electrons. The predicted octanol–water partition coefficient (Wildman–Crippen LogP) is 4.10. The Balaban J connectivity index is 0.00000161. The smallest absolute Gasteiger partial charge is 0.194 e.